The number of amides is 1. The van der Waals surface area contributed by atoms with Gasteiger partial charge >= 0.3 is 0 Å². The normalized spacial score (nSPS) is 22.8. The SMILES string of the molecule is CC(NC(=O)C1CCNC1)C(C)(C)CN(C)C. The molecule has 17 heavy (non-hydrogen) atoms. The van der Waals surface area contributed by atoms with E-state index in [0.29, 0.717) is 0 Å². The van der Waals surface area contributed by atoms with Gasteiger partial charge in [-0.25, -0.2) is 0 Å². The predicted octanol–water partition coefficient (Wildman–Crippen LogP) is 0.688. The summed E-state index contributed by atoms with van der Waals surface area (Å²) in [6.07, 6.45) is 0.965. The van der Waals surface area contributed by atoms with Gasteiger partial charge in [0, 0.05) is 19.1 Å². The van der Waals surface area contributed by atoms with Gasteiger partial charge in [0.1, 0.15) is 0 Å². The fourth-order valence-corrected chi connectivity index (χ4v) is 2.36. The summed E-state index contributed by atoms with van der Waals surface area (Å²) in [5, 5.41) is 6.39. The molecular weight excluding hydrogens is 214 g/mol. The quantitative estimate of drug-likeness (QED) is 0.744. The summed E-state index contributed by atoms with van der Waals surface area (Å²) in [6, 6.07) is 0.193. The van der Waals surface area contributed by atoms with Gasteiger partial charge in [0.2, 0.25) is 5.91 Å². The van der Waals surface area contributed by atoms with Crippen molar-refractivity contribution in [3.8, 4) is 0 Å². The summed E-state index contributed by atoms with van der Waals surface area (Å²) in [4.78, 5) is 14.2. The van der Waals surface area contributed by atoms with Gasteiger partial charge in [-0.2, -0.15) is 0 Å². The van der Waals surface area contributed by atoms with Crippen LogP contribution in [-0.4, -0.2) is 50.6 Å². The maximum absolute atomic E-state index is 12.0. The van der Waals surface area contributed by atoms with Gasteiger partial charge in [0.15, 0.2) is 0 Å². The van der Waals surface area contributed by atoms with E-state index in [4.69, 9.17) is 0 Å². The third-order valence-corrected chi connectivity index (χ3v) is 3.69. The van der Waals surface area contributed by atoms with Crippen molar-refractivity contribution in [2.75, 3.05) is 33.7 Å². The van der Waals surface area contributed by atoms with Crippen molar-refractivity contribution in [3.63, 3.8) is 0 Å². The lowest BCUT2D eigenvalue weighted by Crippen LogP contribution is -2.49. The number of nitrogens with zero attached hydrogens (tertiary/aromatic N) is 1. The summed E-state index contributed by atoms with van der Waals surface area (Å²) < 4.78 is 0. The Morgan fingerprint density at radius 3 is 2.65 bits per heavy atom. The van der Waals surface area contributed by atoms with E-state index in [1.165, 1.54) is 0 Å². The van der Waals surface area contributed by atoms with Crippen molar-refractivity contribution in [2.45, 2.75) is 33.2 Å². The fourth-order valence-electron chi connectivity index (χ4n) is 2.36. The number of hydrogen-bond acceptors (Lipinski definition) is 3. The van der Waals surface area contributed by atoms with Crippen LogP contribution in [0.15, 0.2) is 0 Å². The van der Waals surface area contributed by atoms with E-state index >= 15 is 0 Å². The fraction of sp³-hybridized carbons (Fsp3) is 0.923. The van der Waals surface area contributed by atoms with Crippen LogP contribution in [0.4, 0.5) is 0 Å². The van der Waals surface area contributed by atoms with Crippen molar-refractivity contribution in [1.82, 2.24) is 15.5 Å². The predicted molar refractivity (Wildman–Crippen MR) is 70.9 cm³/mol. The molecule has 2 unspecified atom stereocenters. The highest BCUT2D eigenvalue weighted by molar-refractivity contribution is 5.79. The second kappa shape index (κ2) is 5.83. The summed E-state index contributed by atoms with van der Waals surface area (Å²) in [5.41, 5.74) is 0.0885. The molecule has 1 heterocycles. The Morgan fingerprint density at radius 2 is 2.18 bits per heavy atom. The van der Waals surface area contributed by atoms with E-state index in [2.05, 4.69) is 50.4 Å². The smallest absolute Gasteiger partial charge is 0.224 e. The first-order valence-electron chi connectivity index (χ1n) is 6.49. The van der Waals surface area contributed by atoms with Crippen LogP contribution < -0.4 is 10.6 Å². The van der Waals surface area contributed by atoms with E-state index < -0.39 is 0 Å². The molecule has 4 nitrogen and oxygen atoms in total. The number of carbonyl (C=O) groups is 1. The lowest BCUT2D eigenvalue weighted by molar-refractivity contribution is -0.125. The standard InChI is InChI=1S/C13H27N3O/c1-10(13(2,3)9-16(4)5)15-12(17)11-6-7-14-8-11/h10-11,14H,6-9H2,1-5H3,(H,15,17). The summed E-state index contributed by atoms with van der Waals surface area (Å²) in [6.45, 7) is 9.26. The molecule has 0 aromatic rings. The average molecular weight is 241 g/mol. The highest BCUT2D eigenvalue weighted by Crippen LogP contribution is 2.22. The molecule has 1 aliphatic rings. The van der Waals surface area contributed by atoms with Gasteiger partial charge in [0.05, 0.1) is 5.92 Å². The lowest BCUT2D eigenvalue weighted by Gasteiger charge is -2.35. The van der Waals surface area contributed by atoms with Crippen LogP contribution in [-0.2, 0) is 4.79 Å². The Morgan fingerprint density at radius 1 is 1.53 bits per heavy atom. The van der Waals surface area contributed by atoms with Gasteiger partial charge in [0.25, 0.3) is 0 Å². The molecule has 1 saturated heterocycles. The van der Waals surface area contributed by atoms with Crippen molar-refractivity contribution < 1.29 is 4.79 Å². The van der Waals surface area contributed by atoms with Crippen molar-refractivity contribution in [3.05, 3.63) is 0 Å². The van der Waals surface area contributed by atoms with Crippen LogP contribution >= 0.6 is 0 Å². The third-order valence-electron chi connectivity index (χ3n) is 3.69. The number of hydrogen-bond donors (Lipinski definition) is 2. The summed E-state index contributed by atoms with van der Waals surface area (Å²) >= 11 is 0. The van der Waals surface area contributed by atoms with Crippen LogP contribution in [0.5, 0.6) is 0 Å². The Bertz CT molecular complexity index is 257. The molecule has 100 valence electrons. The molecule has 2 atom stereocenters. The van der Waals surface area contributed by atoms with Crippen LogP contribution in [0.25, 0.3) is 0 Å². The largest absolute Gasteiger partial charge is 0.353 e. The van der Waals surface area contributed by atoms with Gasteiger partial charge < -0.3 is 15.5 Å². The van der Waals surface area contributed by atoms with E-state index in [9.17, 15) is 4.79 Å². The van der Waals surface area contributed by atoms with E-state index in [-0.39, 0.29) is 23.3 Å². The zero-order valence-electron chi connectivity index (χ0n) is 11.8. The molecule has 0 spiro atoms. The highest BCUT2D eigenvalue weighted by Gasteiger charge is 2.30. The molecular formula is C13H27N3O. The molecule has 1 rings (SSSR count). The second-order valence-electron chi connectivity index (χ2n) is 6.15. The molecule has 2 N–H and O–H groups in total. The van der Waals surface area contributed by atoms with Gasteiger partial charge in [-0.15, -0.1) is 0 Å². The first kappa shape index (κ1) is 14.5. The Labute approximate surface area is 105 Å². The topological polar surface area (TPSA) is 44.4 Å². The molecule has 1 amide bonds. The highest BCUT2D eigenvalue weighted by atomic mass is 16.2. The summed E-state index contributed by atoms with van der Waals surface area (Å²) in [5.74, 6) is 0.363. The molecule has 1 fully saturated rings. The molecule has 0 radical (unpaired) electrons. The Kier molecular flexibility index (Phi) is 4.95. The molecule has 0 aromatic heterocycles. The zero-order valence-corrected chi connectivity index (χ0v) is 11.8. The molecule has 0 bridgehead atoms. The number of nitrogens with one attached hydrogen (secondary N) is 2. The molecule has 0 saturated carbocycles. The van der Waals surface area contributed by atoms with Crippen molar-refractivity contribution in [2.24, 2.45) is 11.3 Å². The summed E-state index contributed by atoms with van der Waals surface area (Å²) in [7, 11) is 4.13. The van der Waals surface area contributed by atoms with Crippen LogP contribution in [0.2, 0.25) is 0 Å². The minimum Gasteiger partial charge on any atom is -0.353 e. The maximum atomic E-state index is 12.0. The molecule has 0 aliphatic carbocycles. The van der Waals surface area contributed by atoms with Crippen molar-refractivity contribution in [1.29, 1.82) is 0 Å². The monoisotopic (exact) mass is 241 g/mol. The zero-order chi connectivity index (χ0) is 13.1. The molecule has 1 aliphatic heterocycles. The first-order chi connectivity index (χ1) is 7.83. The number of carbonyl (C=O) groups excluding carboxylic acids is 1. The molecule has 0 aromatic carbocycles. The van der Waals surface area contributed by atoms with Gasteiger partial charge in [-0.1, -0.05) is 13.8 Å². The maximum Gasteiger partial charge on any atom is 0.224 e. The minimum atomic E-state index is 0.0885. The van der Waals surface area contributed by atoms with E-state index in [0.717, 1.165) is 26.1 Å². The average Bonchev–Trinajstić information content (AvgIpc) is 2.67. The third kappa shape index (κ3) is 4.28. The van der Waals surface area contributed by atoms with Crippen molar-refractivity contribution >= 4 is 5.91 Å². The van der Waals surface area contributed by atoms with Crippen LogP contribution in [0.3, 0.4) is 0 Å². The first-order valence-corrected chi connectivity index (χ1v) is 6.49. The van der Waals surface area contributed by atoms with Gasteiger partial charge in [-0.05, 0) is 39.4 Å². The Hall–Kier alpha value is -0.610. The lowest BCUT2D eigenvalue weighted by atomic mass is 9.84. The van der Waals surface area contributed by atoms with E-state index in [1.54, 1.807) is 0 Å². The van der Waals surface area contributed by atoms with Gasteiger partial charge in [-0.3, -0.25) is 4.79 Å². The molecule has 4 heteroatoms. The Balaban J connectivity index is 2.46. The van der Waals surface area contributed by atoms with E-state index in [1.807, 2.05) is 0 Å². The van der Waals surface area contributed by atoms with Crippen LogP contribution in [0, 0.1) is 11.3 Å². The number of rotatable bonds is 5. The second-order valence-corrected chi connectivity index (χ2v) is 6.15. The minimum absolute atomic E-state index is 0.0885. The van der Waals surface area contributed by atoms with Crippen LogP contribution in [0.1, 0.15) is 27.2 Å².